The Morgan fingerprint density at radius 3 is 2.78 bits per heavy atom. The zero-order valence-electron chi connectivity index (χ0n) is 10.6. The van der Waals surface area contributed by atoms with Crippen LogP contribution >= 0.6 is 11.3 Å². The molecule has 1 aromatic heterocycles. The number of nitrogens with zero attached hydrogens (tertiary/aromatic N) is 1. The summed E-state index contributed by atoms with van der Waals surface area (Å²) in [7, 11) is 1.68. The largest absolute Gasteiger partial charge is 0.384 e. The number of carbonyl (C=O) groups excluding carboxylic acids is 2. The minimum atomic E-state index is 0.0118. The number of ketones is 1. The summed E-state index contributed by atoms with van der Waals surface area (Å²) >= 11 is 1.28. The molecule has 1 aliphatic heterocycles. The summed E-state index contributed by atoms with van der Waals surface area (Å²) in [6.45, 7) is 3.75. The summed E-state index contributed by atoms with van der Waals surface area (Å²) < 4.78 is 5.12. The lowest BCUT2D eigenvalue weighted by Crippen LogP contribution is -2.28. The Morgan fingerprint density at radius 1 is 1.44 bits per heavy atom. The Kier molecular flexibility index (Phi) is 4.14. The summed E-state index contributed by atoms with van der Waals surface area (Å²) in [5.74, 6) is 0.482. The first-order chi connectivity index (χ1) is 8.61. The van der Waals surface area contributed by atoms with Crippen molar-refractivity contribution in [3.8, 4) is 0 Å². The summed E-state index contributed by atoms with van der Waals surface area (Å²) in [6, 6.07) is 3.47. The number of amides is 1. The number of carbonyl (C=O) groups is 2. The van der Waals surface area contributed by atoms with E-state index in [1.165, 1.54) is 18.3 Å². The molecule has 1 unspecified atom stereocenters. The van der Waals surface area contributed by atoms with Crippen molar-refractivity contribution in [1.82, 2.24) is 4.90 Å². The van der Waals surface area contributed by atoms with E-state index < -0.39 is 0 Å². The maximum absolute atomic E-state index is 12.2. The molecule has 98 valence electrons. The van der Waals surface area contributed by atoms with Gasteiger partial charge in [0.15, 0.2) is 5.78 Å². The highest BCUT2D eigenvalue weighted by molar-refractivity contribution is 7.15. The lowest BCUT2D eigenvalue weighted by molar-refractivity contribution is 0.0780. The van der Waals surface area contributed by atoms with Crippen LogP contribution in [0, 0.1) is 5.92 Å². The molecule has 0 aliphatic carbocycles. The van der Waals surface area contributed by atoms with Crippen LogP contribution in [0.1, 0.15) is 32.7 Å². The third-order valence-corrected chi connectivity index (χ3v) is 4.31. The minimum absolute atomic E-state index is 0.0118. The van der Waals surface area contributed by atoms with E-state index in [1.54, 1.807) is 19.2 Å². The fraction of sp³-hybridized carbons (Fsp3) is 0.538. The zero-order valence-corrected chi connectivity index (χ0v) is 11.5. The zero-order chi connectivity index (χ0) is 13.1. The predicted octanol–water partition coefficient (Wildman–Crippen LogP) is 2.06. The van der Waals surface area contributed by atoms with Crippen molar-refractivity contribution in [3.63, 3.8) is 0 Å². The number of hydrogen-bond acceptors (Lipinski definition) is 4. The van der Waals surface area contributed by atoms with Gasteiger partial charge in [0.25, 0.3) is 5.91 Å². The molecule has 0 aromatic carbocycles. The van der Waals surface area contributed by atoms with Crippen molar-refractivity contribution in [1.29, 1.82) is 0 Å². The van der Waals surface area contributed by atoms with Gasteiger partial charge in [0.1, 0.15) is 0 Å². The summed E-state index contributed by atoms with van der Waals surface area (Å²) in [6.07, 6.45) is 0.991. The van der Waals surface area contributed by atoms with Crippen molar-refractivity contribution < 1.29 is 14.3 Å². The van der Waals surface area contributed by atoms with Gasteiger partial charge in [-0.3, -0.25) is 9.59 Å². The third-order valence-electron chi connectivity index (χ3n) is 3.14. The lowest BCUT2D eigenvalue weighted by atomic mass is 10.1. The van der Waals surface area contributed by atoms with Crippen LogP contribution in [0.4, 0.5) is 0 Å². The van der Waals surface area contributed by atoms with Gasteiger partial charge in [-0.15, -0.1) is 11.3 Å². The van der Waals surface area contributed by atoms with Gasteiger partial charge in [-0.2, -0.15) is 0 Å². The van der Waals surface area contributed by atoms with Gasteiger partial charge < -0.3 is 9.64 Å². The van der Waals surface area contributed by atoms with Crippen LogP contribution in [-0.4, -0.2) is 43.4 Å². The first-order valence-corrected chi connectivity index (χ1v) is 6.82. The lowest BCUT2D eigenvalue weighted by Gasteiger charge is -2.15. The number of hydrogen-bond donors (Lipinski definition) is 0. The van der Waals surface area contributed by atoms with Crippen LogP contribution < -0.4 is 0 Å². The molecule has 1 aromatic rings. The Hall–Kier alpha value is -1.20. The van der Waals surface area contributed by atoms with E-state index in [0.717, 1.165) is 19.5 Å². The van der Waals surface area contributed by atoms with Gasteiger partial charge in [0.05, 0.1) is 16.4 Å². The van der Waals surface area contributed by atoms with E-state index >= 15 is 0 Å². The topological polar surface area (TPSA) is 46.6 Å². The number of likely N-dealkylation sites (tertiary alicyclic amines) is 1. The van der Waals surface area contributed by atoms with Gasteiger partial charge >= 0.3 is 0 Å². The molecule has 0 bridgehead atoms. The van der Waals surface area contributed by atoms with Crippen molar-refractivity contribution in [3.05, 3.63) is 21.9 Å². The first kappa shape index (κ1) is 13.2. The summed E-state index contributed by atoms with van der Waals surface area (Å²) in [5.41, 5.74) is 0. The molecule has 0 radical (unpaired) electrons. The minimum Gasteiger partial charge on any atom is -0.384 e. The van der Waals surface area contributed by atoms with Crippen molar-refractivity contribution in [2.24, 2.45) is 5.92 Å². The molecule has 2 rings (SSSR count). The second-order valence-electron chi connectivity index (χ2n) is 4.58. The molecule has 1 aliphatic rings. The van der Waals surface area contributed by atoms with Crippen LogP contribution in [-0.2, 0) is 4.74 Å². The average molecular weight is 267 g/mol. The Labute approximate surface area is 111 Å². The molecule has 1 amide bonds. The SMILES string of the molecule is COCC1CCN(C(=O)c2ccc(C(C)=O)s2)C1. The van der Waals surface area contributed by atoms with E-state index in [1.807, 2.05) is 4.90 Å². The molecule has 18 heavy (non-hydrogen) atoms. The van der Waals surface area contributed by atoms with Crippen LogP contribution in [0.25, 0.3) is 0 Å². The molecule has 0 N–H and O–H groups in total. The normalized spacial score (nSPS) is 19.2. The van der Waals surface area contributed by atoms with Gasteiger partial charge in [-0.05, 0) is 25.5 Å². The molecule has 1 saturated heterocycles. The molecule has 1 fully saturated rings. The monoisotopic (exact) mass is 267 g/mol. The fourth-order valence-corrected chi connectivity index (χ4v) is 3.06. The van der Waals surface area contributed by atoms with E-state index in [9.17, 15) is 9.59 Å². The standard InChI is InChI=1S/C13H17NO3S/c1-9(15)11-3-4-12(18-11)13(16)14-6-5-10(7-14)8-17-2/h3-4,10H,5-8H2,1-2H3. The molecule has 1 atom stereocenters. The Bertz CT molecular complexity index is 455. The highest BCUT2D eigenvalue weighted by Crippen LogP contribution is 2.23. The molecule has 0 saturated carbocycles. The number of rotatable bonds is 4. The van der Waals surface area contributed by atoms with E-state index in [4.69, 9.17) is 4.74 Å². The fourth-order valence-electron chi connectivity index (χ4n) is 2.19. The maximum atomic E-state index is 12.2. The van der Waals surface area contributed by atoms with E-state index in [0.29, 0.717) is 22.3 Å². The first-order valence-electron chi connectivity index (χ1n) is 6.00. The van der Waals surface area contributed by atoms with Gasteiger partial charge in [0.2, 0.25) is 0 Å². The maximum Gasteiger partial charge on any atom is 0.263 e. The number of ether oxygens (including phenoxy) is 1. The quantitative estimate of drug-likeness (QED) is 0.784. The van der Waals surface area contributed by atoms with Gasteiger partial charge in [-0.1, -0.05) is 0 Å². The second kappa shape index (κ2) is 5.63. The molecule has 0 spiro atoms. The molecular formula is C13H17NO3S. The Morgan fingerprint density at radius 2 is 2.17 bits per heavy atom. The van der Waals surface area contributed by atoms with E-state index in [2.05, 4.69) is 0 Å². The third kappa shape index (κ3) is 2.79. The van der Waals surface area contributed by atoms with Crippen LogP contribution in [0.2, 0.25) is 0 Å². The number of thiophene rings is 1. The Balaban J connectivity index is 2.01. The van der Waals surface area contributed by atoms with Crippen molar-refractivity contribution in [2.45, 2.75) is 13.3 Å². The highest BCUT2D eigenvalue weighted by Gasteiger charge is 2.27. The summed E-state index contributed by atoms with van der Waals surface area (Å²) in [4.78, 5) is 26.6. The van der Waals surface area contributed by atoms with Gasteiger partial charge in [0, 0.05) is 26.1 Å². The smallest absolute Gasteiger partial charge is 0.263 e. The molecular weight excluding hydrogens is 250 g/mol. The average Bonchev–Trinajstić information content (AvgIpc) is 2.97. The van der Waals surface area contributed by atoms with Gasteiger partial charge in [-0.25, -0.2) is 0 Å². The van der Waals surface area contributed by atoms with Crippen LogP contribution in [0.3, 0.4) is 0 Å². The van der Waals surface area contributed by atoms with Crippen LogP contribution in [0.15, 0.2) is 12.1 Å². The second-order valence-corrected chi connectivity index (χ2v) is 5.67. The molecule has 5 heteroatoms. The van der Waals surface area contributed by atoms with Crippen molar-refractivity contribution >= 4 is 23.0 Å². The van der Waals surface area contributed by atoms with Crippen molar-refractivity contribution in [2.75, 3.05) is 26.8 Å². The highest BCUT2D eigenvalue weighted by atomic mass is 32.1. The summed E-state index contributed by atoms with van der Waals surface area (Å²) in [5, 5.41) is 0. The number of Topliss-reactive ketones (excluding diaryl/α,β-unsaturated/α-hetero) is 1. The van der Waals surface area contributed by atoms with Crippen LogP contribution in [0.5, 0.6) is 0 Å². The molecule has 4 nitrogen and oxygen atoms in total. The molecule has 2 heterocycles. The van der Waals surface area contributed by atoms with E-state index in [-0.39, 0.29) is 11.7 Å². The number of methoxy groups -OCH3 is 1. The predicted molar refractivity (Wildman–Crippen MR) is 70.2 cm³/mol.